The minimum absolute atomic E-state index is 0.0384. The summed E-state index contributed by atoms with van der Waals surface area (Å²) < 4.78 is 22.2. The maximum absolute atomic E-state index is 13.0. The van der Waals surface area contributed by atoms with Crippen molar-refractivity contribution in [3.8, 4) is 28.7 Å². The number of carbonyl (C=O) groups excluding carboxylic acids is 1. The van der Waals surface area contributed by atoms with Crippen LogP contribution in [0.25, 0.3) is 11.5 Å². The predicted octanol–water partition coefficient (Wildman–Crippen LogP) is 3.97. The van der Waals surface area contributed by atoms with E-state index in [0.717, 1.165) is 47.8 Å². The lowest BCUT2D eigenvalue weighted by molar-refractivity contribution is -0.129. The highest BCUT2D eigenvalue weighted by atomic mass is 32.2. The zero-order valence-electron chi connectivity index (χ0n) is 17.7. The number of nitrogens with zero attached hydrogens (tertiary/aromatic N) is 3. The number of fused-ring (bicyclic) bond motifs is 1. The number of amides is 1. The molecule has 2 aromatic carbocycles. The van der Waals surface area contributed by atoms with Gasteiger partial charge < -0.3 is 23.5 Å². The number of methoxy groups -OCH3 is 1. The first-order valence-corrected chi connectivity index (χ1v) is 11.5. The summed E-state index contributed by atoms with van der Waals surface area (Å²) in [4.78, 5) is 14.9. The largest absolute Gasteiger partial charge is 0.497 e. The molecule has 0 saturated carbocycles. The topological polar surface area (TPSA) is 86.9 Å². The molecule has 3 aromatic rings. The van der Waals surface area contributed by atoms with E-state index in [1.54, 1.807) is 7.11 Å². The van der Waals surface area contributed by atoms with E-state index in [-0.39, 0.29) is 17.7 Å². The quantitative estimate of drug-likeness (QED) is 0.518. The number of carbonyl (C=O) groups is 1. The van der Waals surface area contributed by atoms with Gasteiger partial charge in [-0.15, -0.1) is 10.2 Å². The highest BCUT2D eigenvalue weighted by Gasteiger charge is 2.31. The average Bonchev–Trinajstić information content (AvgIpc) is 3.52. The van der Waals surface area contributed by atoms with E-state index in [4.69, 9.17) is 18.6 Å². The van der Waals surface area contributed by atoms with Crippen molar-refractivity contribution in [3.05, 3.63) is 48.0 Å². The summed E-state index contributed by atoms with van der Waals surface area (Å²) >= 11 is 1.26. The van der Waals surface area contributed by atoms with Crippen LogP contribution in [-0.4, -0.2) is 53.6 Å². The fourth-order valence-electron chi connectivity index (χ4n) is 4.00. The molecule has 8 nitrogen and oxygen atoms in total. The van der Waals surface area contributed by atoms with Crippen LogP contribution < -0.4 is 14.2 Å². The summed E-state index contributed by atoms with van der Waals surface area (Å²) in [6.07, 6.45) is 1.90. The van der Waals surface area contributed by atoms with Gasteiger partial charge in [0.2, 0.25) is 11.8 Å². The summed E-state index contributed by atoms with van der Waals surface area (Å²) in [6.45, 7) is 1.84. The Kier molecular flexibility index (Phi) is 5.89. The Balaban J connectivity index is 1.22. The van der Waals surface area contributed by atoms with Gasteiger partial charge in [-0.2, -0.15) is 0 Å². The molecule has 3 heterocycles. The first kappa shape index (κ1) is 20.7. The molecule has 1 aromatic heterocycles. The Morgan fingerprint density at radius 1 is 1.12 bits per heavy atom. The number of aromatic nitrogens is 2. The number of hydrogen-bond donors (Lipinski definition) is 0. The molecule has 0 radical (unpaired) electrons. The van der Waals surface area contributed by atoms with Crippen molar-refractivity contribution in [3.63, 3.8) is 0 Å². The first-order chi connectivity index (χ1) is 15.7. The molecule has 1 fully saturated rings. The summed E-state index contributed by atoms with van der Waals surface area (Å²) in [6, 6.07) is 13.4. The monoisotopic (exact) mass is 453 g/mol. The molecule has 9 heteroatoms. The zero-order chi connectivity index (χ0) is 21.9. The number of benzene rings is 2. The zero-order valence-corrected chi connectivity index (χ0v) is 18.5. The highest BCUT2D eigenvalue weighted by molar-refractivity contribution is 7.99. The lowest BCUT2D eigenvalue weighted by Gasteiger charge is -2.26. The van der Waals surface area contributed by atoms with Crippen LogP contribution in [0, 0.1) is 0 Å². The molecule has 1 amide bonds. The number of hydrogen-bond acceptors (Lipinski definition) is 8. The van der Waals surface area contributed by atoms with Gasteiger partial charge in [0.25, 0.3) is 5.22 Å². The standard InChI is InChI=1S/C23H23N3O5S/c1-28-17-7-4-15(5-8-17)22-24-25-23(31-22)32-14-21(27)26-10-2-3-18(26)16-6-9-19-20(13-16)30-12-11-29-19/h4-9,13,18H,2-3,10-12,14H2,1H3/t18-/m1/s1. The van der Waals surface area contributed by atoms with Crippen LogP contribution in [0.2, 0.25) is 0 Å². The van der Waals surface area contributed by atoms with Crippen LogP contribution in [-0.2, 0) is 4.79 Å². The van der Waals surface area contributed by atoms with Crippen LogP contribution in [0.1, 0.15) is 24.4 Å². The van der Waals surface area contributed by atoms with Gasteiger partial charge in [0.1, 0.15) is 19.0 Å². The van der Waals surface area contributed by atoms with Crippen molar-refractivity contribution in [1.29, 1.82) is 0 Å². The Labute approximate surface area is 189 Å². The summed E-state index contributed by atoms with van der Waals surface area (Å²) in [5.41, 5.74) is 1.87. The SMILES string of the molecule is COc1ccc(-c2nnc(SCC(=O)N3CCC[C@@H]3c3ccc4c(c3)OCCO4)o2)cc1. The van der Waals surface area contributed by atoms with Gasteiger partial charge in [-0.1, -0.05) is 17.8 Å². The van der Waals surface area contributed by atoms with Crippen LogP contribution in [0.5, 0.6) is 17.2 Å². The second kappa shape index (κ2) is 9.12. The van der Waals surface area contributed by atoms with E-state index >= 15 is 0 Å². The molecule has 1 atom stereocenters. The second-order valence-corrected chi connectivity index (χ2v) is 8.47. The number of rotatable bonds is 6. The second-order valence-electron chi connectivity index (χ2n) is 7.54. The van der Waals surface area contributed by atoms with Crippen molar-refractivity contribution >= 4 is 17.7 Å². The van der Waals surface area contributed by atoms with Gasteiger partial charge in [-0.25, -0.2) is 0 Å². The molecule has 5 rings (SSSR count). The van der Waals surface area contributed by atoms with Crippen molar-refractivity contribution in [1.82, 2.24) is 15.1 Å². The molecule has 0 aliphatic carbocycles. The summed E-state index contributed by atoms with van der Waals surface area (Å²) in [5.74, 6) is 2.97. The molecular formula is C23H23N3O5S. The van der Waals surface area contributed by atoms with E-state index in [1.807, 2.05) is 47.4 Å². The third-order valence-electron chi connectivity index (χ3n) is 5.59. The number of ether oxygens (including phenoxy) is 3. The molecule has 0 bridgehead atoms. The molecule has 0 unspecified atom stereocenters. The molecule has 2 aliphatic rings. The third kappa shape index (κ3) is 4.25. The minimum Gasteiger partial charge on any atom is -0.497 e. The van der Waals surface area contributed by atoms with E-state index in [2.05, 4.69) is 10.2 Å². The summed E-state index contributed by atoms with van der Waals surface area (Å²) in [5, 5.41) is 8.54. The average molecular weight is 454 g/mol. The Bertz CT molecular complexity index is 1100. The van der Waals surface area contributed by atoms with E-state index in [9.17, 15) is 4.79 Å². The summed E-state index contributed by atoms with van der Waals surface area (Å²) in [7, 11) is 1.62. The van der Waals surface area contributed by atoms with Gasteiger partial charge in [0.15, 0.2) is 11.5 Å². The first-order valence-electron chi connectivity index (χ1n) is 10.5. The Morgan fingerprint density at radius 3 is 2.75 bits per heavy atom. The van der Waals surface area contributed by atoms with Crippen molar-refractivity contribution in [2.45, 2.75) is 24.1 Å². The maximum Gasteiger partial charge on any atom is 0.277 e. The van der Waals surface area contributed by atoms with Crippen molar-refractivity contribution < 1.29 is 23.4 Å². The van der Waals surface area contributed by atoms with Crippen LogP contribution in [0.15, 0.2) is 52.1 Å². The smallest absolute Gasteiger partial charge is 0.277 e. The maximum atomic E-state index is 13.0. The van der Waals surface area contributed by atoms with Gasteiger partial charge in [0, 0.05) is 12.1 Å². The number of thioether (sulfide) groups is 1. The lowest BCUT2D eigenvalue weighted by atomic mass is 10.0. The molecule has 0 spiro atoms. The Hall–Kier alpha value is -3.20. The lowest BCUT2D eigenvalue weighted by Crippen LogP contribution is -2.32. The molecular weight excluding hydrogens is 430 g/mol. The predicted molar refractivity (Wildman–Crippen MR) is 118 cm³/mol. The van der Waals surface area contributed by atoms with E-state index in [1.165, 1.54) is 11.8 Å². The number of likely N-dealkylation sites (tertiary alicyclic amines) is 1. The minimum atomic E-state index is 0.0384. The molecule has 166 valence electrons. The van der Waals surface area contributed by atoms with Gasteiger partial charge >= 0.3 is 0 Å². The van der Waals surface area contributed by atoms with Gasteiger partial charge in [-0.3, -0.25) is 4.79 Å². The molecule has 2 aliphatic heterocycles. The third-order valence-corrected chi connectivity index (χ3v) is 6.39. The highest BCUT2D eigenvalue weighted by Crippen LogP contribution is 2.38. The van der Waals surface area contributed by atoms with E-state index < -0.39 is 0 Å². The molecule has 32 heavy (non-hydrogen) atoms. The Morgan fingerprint density at radius 2 is 1.94 bits per heavy atom. The van der Waals surface area contributed by atoms with Gasteiger partial charge in [-0.05, 0) is 54.8 Å². The van der Waals surface area contributed by atoms with Crippen LogP contribution in [0.4, 0.5) is 0 Å². The van der Waals surface area contributed by atoms with Crippen LogP contribution in [0.3, 0.4) is 0 Å². The fraction of sp³-hybridized carbons (Fsp3) is 0.348. The van der Waals surface area contributed by atoms with Crippen molar-refractivity contribution in [2.75, 3.05) is 32.6 Å². The van der Waals surface area contributed by atoms with Gasteiger partial charge in [0.05, 0.1) is 18.9 Å². The van der Waals surface area contributed by atoms with Crippen molar-refractivity contribution in [2.24, 2.45) is 0 Å². The van der Waals surface area contributed by atoms with Crippen LogP contribution >= 0.6 is 11.8 Å². The normalized spacial score (nSPS) is 17.4. The van der Waals surface area contributed by atoms with E-state index in [0.29, 0.717) is 24.3 Å². The fourth-order valence-corrected chi connectivity index (χ4v) is 4.65. The molecule has 1 saturated heterocycles. The molecule has 0 N–H and O–H groups in total.